The number of nitrogens with zero attached hydrogens (tertiary/aromatic N) is 3. The third kappa shape index (κ3) is 5.96. The van der Waals surface area contributed by atoms with Gasteiger partial charge < -0.3 is 25.0 Å². The molecule has 0 fully saturated rings. The number of anilines is 1. The molecule has 2 heterocycles. The fourth-order valence-electron chi connectivity index (χ4n) is 4.63. The maximum Gasteiger partial charge on any atom is 0.338 e. The smallest absolute Gasteiger partial charge is 0.338 e. The maximum absolute atomic E-state index is 13.4. The summed E-state index contributed by atoms with van der Waals surface area (Å²) < 4.78 is 10.3. The van der Waals surface area contributed by atoms with E-state index in [0.717, 1.165) is 27.9 Å². The second kappa shape index (κ2) is 12.7. The lowest BCUT2D eigenvalue weighted by Crippen LogP contribution is -2.54. The van der Waals surface area contributed by atoms with Gasteiger partial charge in [-0.2, -0.15) is 0 Å². The summed E-state index contributed by atoms with van der Waals surface area (Å²) in [6, 6.07) is 12.2. The molecule has 2 N–H and O–H groups in total. The van der Waals surface area contributed by atoms with E-state index in [2.05, 4.69) is 15.6 Å². The van der Waals surface area contributed by atoms with Crippen LogP contribution < -0.4 is 15.4 Å². The van der Waals surface area contributed by atoms with Crippen molar-refractivity contribution in [3.8, 4) is 5.75 Å². The minimum Gasteiger partial charge on any atom is -0.497 e. The molecule has 1 aliphatic heterocycles. The molecule has 0 radical (unpaired) electrons. The van der Waals surface area contributed by atoms with Crippen LogP contribution in [0.25, 0.3) is 10.9 Å². The number of nitrogens with one attached hydrogen (secondary N) is 2. The Balaban J connectivity index is 1.43. The number of carbonyl (C=O) groups is 3. The number of methoxy groups -OCH3 is 2. The molecule has 1 atom stereocenters. The number of fused-ring (bicyclic) bond motifs is 1. The largest absolute Gasteiger partial charge is 0.497 e. The second-order valence-electron chi connectivity index (χ2n) is 9.26. The number of aromatic nitrogens is 1. The van der Waals surface area contributed by atoms with Gasteiger partial charge in [-0.25, -0.2) is 19.3 Å². The summed E-state index contributed by atoms with van der Waals surface area (Å²) in [5, 5.41) is 7.85. The number of urea groups is 2. The molecule has 4 amide bonds. The number of esters is 1. The number of carbonyl (C=O) groups excluding carboxylic acids is 3. The van der Waals surface area contributed by atoms with Gasteiger partial charge in [-0.3, -0.25) is 4.98 Å². The Morgan fingerprint density at radius 2 is 1.77 bits per heavy atom. The van der Waals surface area contributed by atoms with Gasteiger partial charge in [-0.1, -0.05) is 23.7 Å². The number of ether oxygens (including phenoxy) is 2. The molecular formula is C29H32ClN5O5. The van der Waals surface area contributed by atoms with Crippen LogP contribution in [0.2, 0.25) is 5.02 Å². The van der Waals surface area contributed by atoms with Crippen LogP contribution in [0.4, 0.5) is 15.3 Å². The van der Waals surface area contributed by atoms with Crippen molar-refractivity contribution >= 4 is 46.2 Å². The van der Waals surface area contributed by atoms with E-state index in [1.165, 1.54) is 19.1 Å². The second-order valence-corrected chi connectivity index (χ2v) is 9.70. The van der Waals surface area contributed by atoms with E-state index in [1.807, 2.05) is 24.3 Å². The number of rotatable bonds is 9. The first-order chi connectivity index (χ1) is 19.3. The molecule has 40 heavy (non-hydrogen) atoms. The molecule has 2 aromatic carbocycles. The van der Waals surface area contributed by atoms with Crippen LogP contribution in [-0.2, 0) is 9.53 Å². The lowest BCUT2D eigenvalue weighted by molar-refractivity contribution is -0.137. The number of halogens is 1. The molecule has 4 rings (SSSR count). The minimum atomic E-state index is -0.961. The van der Waals surface area contributed by atoms with E-state index < -0.39 is 24.1 Å². The van der Waals surface area contributed by atoms with Crippen molar-refractivity contribution in [1.82, 2.24) is 20.1 Å². The van der Waals surface area contributed by atoms with Gasteiger partial charge in [0.05, 0.1) is 25.3 Å². The number of hydrogen-bond donors (Lipinski definition) is 2. The Labute approximate surface area is 237 Å². The predicted molar refractivity (Wildman–Crippen MR) is 153 cm³/mol. The first-order valence-corrected chi connectivity index (χ1v) is 13.2. The molecule has 0 bridgehead atoms. The van der Waals surface area contributed by atoms with E-state index in [1.54, 1.807) is 44.5 Å². The molecule has 10 nitrogen and oxygen atoms in total. The van der Waals surface area contributed by atoms with Crippen molar-refractivity contribution < 1.29 is 23.9 Å². The summed E-state index contributed by atoms with van der Waals surface area (Å²) in [5.74, 6) is -0.0102. The Morgan fingerprint density at radius 1 is 1.05 bits per heavy atom. The number of unbranched alkanes of at least 4 members (excludes halogenated alkanes) is 1. The van der Waals surface area contributed by atoms with Gasteiger partial charge in [0, 0.05) is 48.1 Å². The van der Waals surface area contributed by atoms with Crippen molar-refractivity contribution in [3.63, 3.8) is 0 Å². The number of amides is 4. The lowest BCUT2D eigenvalue weighted by atomic mass is 9.93. The van der Waals surface area contributed by atoms with Crippen LogP contribution in [0.15, 0.2) is 66.0 Å². The molecule has 0 saturated heterocycles. The quantitative estimate of drug-likeness (QED) is 0.265. The van der Waals surface area contributed by atoms with Gasteiger partial charge in [-0.05, 0) is 61.7 Å². The molecule has 1 unspecified atom stereocenters. The summed E-state index contributed by atoms with van der Waals surface area (Å²) in [4.78, 5) is 46.2. The van der Waals surface area contributed by atoms with E-state index in [9.17, 15) is 14.4 Å². The van der Waals surface area contributed by atoms with Crippen LogP contribution in [0.5, 0.6) is 5.75 Å². The zero-order valence-corrected chi connectivity index (χ0v) is 23.6. The van der Waals surface area contributed by atoms with Crippen molar-refractivity contribution in [1.29, 1.82) is 0 Å². The molecule has 1 aromatic heterocycles. The van der Waals surface area contributed by atoms with Crippen LogP contribution >= 0.6 is 11.6 Å². The van der Waals surface area contributed by atoms with E-state index >= 15 is 0 Å². The summed E-state index contributed by atoms with van der Waals surface area (Å²) in [5.41, 5.74) is 2.96. The highest BCUT2D eigenvalue weighted by atomic mass is 35.5. The van der Waals surface area contributed by atoms with E-state index in [0.29, 0.717) is 41.5 Å². The third-order valence-electron chi connectivity index (χ3n) is 6.87. The lowest BCUT2D eigenvalue weighted by Gasteiger charge is -2.40. The number of hydrogen-bond acceptors (Lipinski definition) is 7. The minimum absolute atomic E-state index is 0.208. The zero-order chi connectivity index (χ0) is 28.8. The van der Waals surface area contributed by atoms with Gasteiger partial charge in [0.15, 0.2) is 0 Å². The number of benzene rings is 2. The Kier molecular flexibility index (Phi) is 9.11. The third-order valence-corrected chi connectivity index (χ3v) is 7.11. The van der Waals surface area contributed by atoms with E-state index in [-0.39, 0.29) is 5.57 Å². The maximum atomic E-state index is 13.4. The summed E-state index contributed by atoms with van der Waals surface area (Å²) in [7, 11) is 4.34. The zero-order valence-electron chi connectivity index (χ0n) is 22.9. The molecule has 0 aliphatic carbocycles. The van der Waals surface area contributed by atoms with Gasteiger partial charge in [0.25, 0.3) is 0 Å². The number of allylic oxidation sites excluding steroid dienone is 1. The number of pyridine rings is 1. The van der Waals surface area contributed by atoms with Gasteiger partial charge in [0.2, 0.25) is 0 Å². The fraction of sp³-hybridized carbons (Fsp3) is 0.310. The normalized spacial score (nSPS) is 15.3. The SMILES string of the molecule is COC(=O)C1=C(C)N(C)C(=O)N(C(=O)NCCCCNc2ccnc3cc(Cl)ccc23)C1c1ccc(OC)cc1. The average Bonchev–Trinajstić information content (AvgIpc) is 2.96. The molecule has 11 heteroatoms. The highest BCUT2D eigenvalue weighted by molar-refractivity contribution is 6.31. The van der Waals surface area contributed by atoms with Crippen LogP contribution in [0.1, 0.15) is 31.4 Å². The number of imide groups is 1. The van der Waals surface area contributed by atoms with Gasteiger partial charge in [0.1, 0.15) is 11.8 Å². The van der Waals surface area contributed by atoms with Gasteiger partial charge >= 0.3 is 18.0 Å². The van der Waals surface area contributed by atoms with Crippen molar-refractivity contribution in [3.05, 3.63) is 76.6 Å². The Morgan fingerprint density at radius 3 is 2.48 bits per heavy atom. The van der Waals surface area contributed by atoms with Crippen molar-refractivity contribution in [2.75, 3.05) is 39.7 Å². The van der Waals surface area contributed by atoms with Crippen LogP contribution in [-0.4, -0.2) is 67.2 Å². The van der Waals surface area contributed by atoms with Crippen LogP contribution in [0.3, 0.4) is 0 Å². The summed E-state index contributed by atoms with van der Waals surface area (Å²) in [6.45, 7) is 2.67. The molecule has 1 aliphatic rings. The molecule has 210 valence electrons. The Hall–Kier alpha value is -4.31. The Bertz CT molecular complexity index is 1440. The van der Waals surface area contributed by atoms with Crippen molar-refractivity contribution in [2.24, 2.45) is 0 Å². The summed E-state index contributed by atoms with van der Waals surface area (Å²) >= 11 is 6.07. The highest BCUT2D eigenvalue weighted by Gasteiger charge is 2.44. The molecule has 0 saturated carbocycles. The fourth-order valence-corrected chi connectivity index (χ4v) is 4.79. The predicted octanol–water partition coefficient (Wildman–Crippen LogP) is 5.35. The average molecular weight is 566 g/mol. The molecule has 0 spiro atoms. The summed E-state index contributed by atoms with van der Waals surface area (Å²) in [6.07, 6.45) is 3.16. The van der Waals surface area contributed by atoms with Crippen molar-refractivity contribution in [2.45, 2.75) is 25.8 Å². The molecular weight excluding hydrogens is 534 g/mol. The standard InChI is InChI=1S/C29H32ClN5O5/c1-18-25(27(36)40-4)26(19-7-10-21(39-3)11-8-19)35(29(38)34(18)2)28(37)33-15-6-5-14-31-23-13-16-32-24-17-20(30)9-12-22(23)24/h7-13,16-17,26H,5-6,14-15H2,1-4H3,(H,31,32)(H,33,37). The molecule has 3 aromatic rings. The monoisotopic (exact) mass is 565 g/mol. The highest BCUT2D eigenvalue weighted by Crippen LogP contribution is 2.37. The van der Waals surface area contributed by atoms with Gasteiger partial charge in [-0.15, -0.1) is 0 Å². The van der Waals surface area contributed by atoms with E-state index in [4.69, 9.17) is 21.1 Å². The first kappa shape index (κ1) is 28.7. The first-order valence-electron chi connectivity index (χ1n) is 12.8. The van der Waals surface area contributed by atoms with Crippen LogP contribution in [0, 0.1) is 0 Å². The topological polar surface area (TPSA) is 113 Å².